The van der Waals surface area contributed by atoms with E-state index in [9.17, 15) is 12.8 Å². The van der Waals surface area contributed by atoms with Crippen LogP contribution in [0.2, 0.25) is 0 Å². The first kappa shape index (κ1) is 18.9. The van der Waals surface area contributed by atoms with Gasteiger partial charge in [0.15, 0.2) is 0 Å². The Kier molecular flexibility index (Phi) is 5.36. The Morgan fingerprint density at radius 2 is 1.93 bits per heavy atom. The zero-order valence-electron chi connectivity index (χ0n) is 15.4. The number of aromatic nitrogens is 1. The third-order valence-corrected chi connectivity index (χ3v) is 7.10. The molecule has 9 heteroatoms. The van der Waals surface area contributed by atoms with Crippen molar-refractivity contribution in [1.82, 2.24) is 4.98 Å². The van der Waals surface area contributed by atoms with Crippen LogP contribution in [0.3, 0.4) is 0 Å². The van der Waals surface area contributed by atoms with Crippen molar-refractivity contribution in [3.63, 3.8) is 0 Å². The molecule has 2 saturated heterocycles. The number of pyridine rings is 1. The fourth-order valence-corrected chi connectivity index (χ4v) is 5.42. The van der Waals surface area contributed by atoms with Gasteiger partial charge < -0.3 is 15.0 Å². The van der Waals surface area contributed by atoms with Crippen molar-refractivity contribution in [3.05, 3.63) is 48.4 Å². The van der Waals surface area contributed by atoms with Crippen LogP contribution in [0.5, 0.6) is 0 Å². The normalized spacial score (nSPS) is 22.1. The van der Waals surface area contributed by atoms with Crippen molar-refractivity contribution < 1.29 is 17.5 Å². The highest BCUT2D eigenvalue weighted by Gasteiger charge is 2.36. The molecule has 0 spiro atoms. The van der Waals surface area contributed by atoms with Gasteiger partial charge >= 0.3 is 0 Å². The van der Waals surface area contributed by atoms with Gasteiger partial charge in [-0.3, -0.25) is 4.31 Å². The van der Waals surface area contributed by atoms with E-state index in [2.05, 4.69) is 15.2 Å². The summed E-state index contributed by atoms with van der Waals surface area (Å²) in [7, 11) is -3.69. The summed E-state index contributed by atoms with van der Waals surface area (Å²) in [5.74, 6) is 0.0568. The quantitative estimate of drug-likeness (QED) is 0.841. The molecule has 4 rings (SSSR count). The SMILES string of the molecule is O=S1(=O)[C@H](Nc2cc(N3CCOCC3)ccn2)CCCN1c1cccc(F)c1. The van der Waals surface area contributed by atoms with E-state index in [4.69, 9.17) is 4.74 Å². The maximum atomic E-state index is 13.6. The zero-order valence-corrected chi connectivity index (χ0v) is 16.2. The van der Waals surface area contributed by atoms with Gasteiger partial charge in [0.2, 0.25) is 0 Å². The molecule has 1 aromatic heterocycles. The fourth-order valence-electron chi connectivity index (χ4n) is 3.59. The van der Waals surface area contributed by atoms with Gasteiger partial charge in [-0.15, -0.1) is 0 Å². The van der Waals surface area contributed by atoms with E-state index in [0.29, 0.717) is 44.1 Å². The Balaban J connectivity index is 1.54. The third kappa shape index (κ3) is 3.90. The molecule has 150 valence electrons. The van der Waals surface area contributed by atoms with Gasteiger partial charge in [-0.05, 0) is 37.1 Å². The molecule has 1 aromatic carbocycles. The van der Waals surface area contributed by atoms with Crippen molar-refractivity contribution in [2.24, 2.45) is 0 Å². The summed E-state index contributed by atoms with van der Waals surface area (Å²) in [5.41, 5.74) is 1.33. The van der Waals surface area contributed by atoms with Crippen LogP contribution in [0.4, 0.5) is 21.6 Å². The van der Waals surface area contributed by atoms with Crippen LogP contribution in [-0.2, 0) is 14.8 Å². The van der Waals surface area contributed by atoms with Crippen molar-refractivity contribution >= 4 is 27.2 Å². The molecule has 3 heterocycles. The first-order valence-corrected chi connectivity index (χ1v) is 10.9. The second-order valence-corrected chi connectivity index (χ2v) is 8.91. The lowest BCUT2D eigenvalue weighted by Crippen LogP contribution is -2.47. The Morgan fingerprint density at radius 3 is 2.71 bits per heavy atom. The number of anilines is 3. The van der Waals surface area contributed by atoms with E-state index in [1.807, 2.05) is 12.1 Å². The van der Waals surface area contributed by atoms with Gasteiger partial charge in [-0.25, -0.2) is 17.8 Å². The zero-order chi connectivity index (χ0) is 19.6. The summed E-state index contributed by atoms with van der Waals surface area (Å²) in [6, 6.07) is 9.45. The predicted octanol–water partition coefficient (Wildman–Crippen LogP) is 2.43. The van der Waals surface area contributed by atoms with Crippen LogP contribution in [-0.4, -0.2) is 51.6 Å². The molecular weight excluding hydrogens is 383 g/mol. The highest BCUT2D eigenvalue weighted by atomic mass is 32.2. The van der Waals surface area contributed by atoms with E-state index in [1.54, 1.807) is 12.3 Å². The summed E-state index contributed by atoms with van der Waals surface area (Å²) < 4.78 is 46.4. The first-order valence-electron chi connectivity index (χ1n) is 9.36. The number of rotatable bonds is 4. The van der Waals surface area contributed by atoms with Crippen LogP contribution < -0.4 is 14.5 Å². The molecule has 0 unspecified atom stereocenters. The predicted molar refractivity (Wildman–Crippen MR) is 107 cm³/mol. The van der Waals surface area contributed by atoms with Crippen LogP contribution in [0.25, 0.3) is 0 Å². The summed E-state index contributed by atoms with van der Waals surface area (Å²) in [4.78, 5) is 6.48. The minimum atomic E-state index is -3.69. The number of morpholine rings is 1. The van der Waals surface area contributed by atoms with Crippen molar-refractivity contribution in [2.45, 2.75) is 18.2 Å². The van der Waals surface area contributed by atoms with Gasteiger partial charge in [-0.1, -0.05) is 6.07 Å². The van der Waals surface area contributed by atoms with Gasteiger partial charge in [0, 0.05) is 37.6 Å². The fraction of sp³-hybridized carbons (Fsp3) is 0.421. The minimum Gasteiger partial charge on any atom is -0.378 e. The van der Waals surface area contributed by atoms with E-state index >= 15 is 0 Å². The molecule has 7 nitrogen and oxygen atoms in total. The second kappa shape index (κ2) is 7.92. The number of hydrogen-bond acceptors (Lipinski definition) is 6. The van der Waals surface area contributed by atoms with Gasteiger partial charge in [-0.2, -0.15) is 0 Å². The largest absolute Gasteiger partial charge is 0.378 e. The number of ether oxygens (including phenoxy) is 1. The third-order valence-electron chi connectivity index (χ3n) is 5.02. The number of hydrogen-bond donors (Lipinski definition) is 1. The smallest absolute Gasteiger partial charge is 0.256 e. The number of sulfonamides is 1. The average molecular weight is 406 g/mol. The number of halogens is 1. The number of benzene rings is 1. The molecular formula is C19H23FN4O3S. The minimum absolute atomic E-state index is 0.339. The van der Waals surface area contributed by atoms with Crippen LogP contribution in [0.15, 0.2) is 42.6 Å². The molecule has 0 radical (unpaired) electrons. The number of nitrogens with one attached hydrogen (secondary N) is 1. The molecule has 0 aliphatic carbocycles. The van der Waals surface area contributed by atoms with Crippen molar-refractivity contribution in [3.8, 4) is 0 Å². The Bertz CT molecular complexity index is 934. The highest BCUT2D eigenvalue weighted by Crippen LogP contribution is 2.29. The lowest BCUT2D eigenvalue weighted by Gasteiger charge is -2.34. The van der Waals surface area contributed by atoms with Gasteiger partial charge in [0.05, 0.1) is 18.9 Å². The molecule has 2 fully saturated rings. The van der Waals surface area contributed by atoms with E-state index in [0.717, 1.165) is 18.8 Å². The molecule has 2 aromatic rings. The molecule has 1 atom stereocenters. The monoisotopic (exact) mass is 406 g/mol. The van der Waals surface area contributed by atoms with Crippen LogP contribution in [0.1, 0.15) is 12.8 Å². The molecule has 28 heavy (non-hydrogen) atoms. The summed E-state index contributed by atoms with van der Waals surface area (Å²) in [6.45, 7) is 3.26. The topological polar surface area (TPSA) is 74.8 Å². The van der Waals surface area contributed by atoms with Crippen LogP contribution in [0, 0.1) is 5.82 Å². The lowest BCUT2D eigenvalue weighted by molar-refractivity contribution is 0.122. The molecule has 2 aliphatic rings. The van der Waals surface area contributed by atoms with E-state index in [-0.39, 0.29) is 0 Å². The van der Waals surface area contributed by atoms with E-state index < -0.39 is 21.2 Å². The van der Waals surface area contributed by atoms with Gasteiger partial charge in [0.1, 0.15) is 17.0 Å². The van der Waals surface area contributed by atoms with Crippen LogP contribution >= 0.6 is 0 Å². The second-order valence-electron chi connectivity index (χ2n) is 6.87. The molecule has 1 N–H and O–H groups in total. The molecule has 0 bridgehead atoms. The summed E-state index contributed by atoms with van der Waals surface area (Å²) in [5, 5.41) is 2.26. The Morgan fingerprint density at radius 1 is 1.11 bits per heavy atom. The highest BCUT2D eigenvalue weighted by molar-refractivity contribution is 7.93. The first-order chi connectivity index (χ1) is 13.5. The molecule has 0 amide bonds. The van der Waals surface area contributed by atoms with Gasteiger partial charge in [0.25, 0.3) is 10.0 Å². The van der Waals surface area contributed by atoms with Crippen molar-refractivity contribution in [2.75, 3.05) is 47.4 Å². The summed E-state index contributed by atoms with van der Waals surface area (Å²) >= 11 is 0. The Hall–Kier alpha value is -2.39. The molecule has 0 saturated carbocycles. The maximum Gasteiger partial charge on any atom is 0.256 e. The summed E-state index contributed by atoms with van der Waals surface area (Å²) in [6.07, 6.45) is 2.82. The number of nitrogens with zero attached hydrogens (tertiary/aromatic N) is 3. The maximum absolute atomic E-state index is 13.6. The Labute approximate surface area is 164 Å². The molecule has 2 aliphatic heterocycles. The standard InChI is InChI=1S/C19H23FN4O3S/c20-15-3-1-4-17(13-15)24-8-2-5-19(28(24,25)26)22-18-14-16(6-7-21-18)23-9-11-27-12-10-23/h1,3-4,6-7,13-14,19H,2,5,8-12H2,(H,21,22)/t19-/m0/s1. The van der Waals surface area contributed by atoms with Crippen molar-refractivity contribution in [1.29, 1.82) is 0 Å². The average Bonchev–Trinajstić information content (AvgIpc) is 2.70. The van der Waals surface area contributed by atoms with E-state index in [1.165, 1.54) is 22.5 Å². The lowest BCUT2D eigenvalue weighted by atomic mass is 10.2.